The van der Waals surface area contributed by atoms with E-state index < -0.39 is 0 Å². The van der Waals surface area contributed by atoms with Crippen LogP contribution in [0.2, 0.25) is 0 Å². The van der Waals surface area contributed by atoms with Gasteiger partial charge in [0.2, 0.25) is 0 Å². The van der Waals surface area contributed by atoms with Crippen molar-refractivity contribution in [3.8, 4) is 23.0 Å². The number of benzene rings is 2. The van der Waals surface area contributed by atoms with Crippen LogP contribution in [0.1, 0.15) is 6.92 Å². The second kappa shape index (κ2) is 9.72. The van der Waals surface area contributed by atoms with Crippen LogP contribution in [0.4, 0.5) is 5.69 Å². The van der Waals surface area contributed by atoms with E-state index in [0.717, 1.165) is 17.2 Å². The van der Waals surface area contributed by atoms with Gasteiger partial charge in [-0.05, 0) is 55.5 Å². The first-order chi connectivity index (χ1) is 12.5. The number of methoxy groups -OCH3 is 3. The Morgan fingerprint density at radius 3 is 2.19 bits per heavy atom. The highest BCUT2D eigenvalue weighted by Crippen LogP contribution is 2.29. The van der Waals surface area contributed by atoms with Gasteiger partial charge in [0.15, 0.2) is 16.6 Å². The van der Waals surface area contributed by atoms with Crippen molar-refractivity contribution < 1.29 is 18.9 Å². The molecule has 26 heavy (non-hydrogen) atoms. The van der Waals surface area contributed by atoms with Gasteiger partial charge in [0, 0.05) is 11.8 Å². The SMILES string of the molecule is COc1ccc(OC[C@H](C)NC(=S)Nc2ccc(OC)c(OC)c2)cc1. The Morgan fingerprint density at radius 1 is 0.923 bits per heavy atom. The van der Waals surface area contributed by atoms with E-state index in [4.69, 9.17) is 31.2 Å². The number of thiocarbonyl (C=S) groups is 1. The van der Waals surface area contributed by atoms with Gasteiger partial charge in [-0.1, -0.05) is 0 Å². The fourth-order valence-corrected chi connectivity index (χ4v) is 2.56. The number of rotatable bonds is 8. The van der Waals surface area contributed by atoms with E-state index in [-0.39, 0.29) is 6.04 Å². The molecular formula is C19H24N2O4S. The van der Waals surface area contributed by atoms with Gasteiger partial charge in [-0.2, -0.15) is 0 Å². The van der Waals surface area contributed by atoms with E-state index in [1.54, 1.807) is 21.3 Å². The molecule has 0 saturated heterocycles. The molecule has 7 heteroatoms. The van der Waals surface area contributed by atoms with Gasteiger partial charge in [0.1, 0.15) is 18.1 Å². The lowest BCUT2D eigenvalue weighted by Crippen LogP contribution is -2.39. The normalized spacial score (nSPS) is 11.2. The Morgan fingerprint density at radius 2 is 1.58 bits per heavy atom. The van der Waals surface area contributed by atoms with E-state index >= 15 is 0 Å². The van der Waals surface area contributed by atoms with Crippen molar-refractivity contribution in [2.24, 2.45) is 0 Å². The maximum absolute atomic E-state index is 5.74. The second-order valence-corrected chi connectivity index (χ2v) is 5.96. The van der Waals surface area contributed by atoms with Crippen molar-refractivity contribution in [2.45, 2.75) is 13.0 Å². The number of anilines is 1. The van der Waals surface area contributed by atoms with Crippen LogP contribution in [0.25, 0.3) is 0 Å². The van der Waals surface area contributed by atoms with E-state index in [0.29, 0.717) is 23.2 Å². The molecule has 2 aromatic carbocycles. The third-order valence-electron chi connectivity index (χ3n) is 3.58. The highest BCUT2D eigenvalue weighted by atomic mass is 32.1. The molecule has 2 N–H and O–H groups in total. The first-order valence-electron chi connectivity index (χ1n) is 8.12. The summed E-state index contributed by atoms with van der Waals surface area (Å²) in [5, 5.41) is 6.81. The van der Waals surface area contributed by atoms with Crippen LogP contribution >= 0.6 is 12.2 Å². The van der Waals surface area contributed by atoms with Gasteiger partial charge in [0.25, 0.3) is 0 Å². The lowest BCUT2D eigenvalue weighted by atomic mass is 10.2. The Bertz CT molecular complexity index is 722. The molecule has 0 unspecified atom stereocenters. The minimum atomic E-state index is 0.0252. The van der Waals surface area contributed by atoms with Crippen molar-refractivity contribution in [3.05, 3.63) is 42.5 Å². The summed E-state index contributed by atoms with van der Waals surface area (Å²) < 4.78 is 21.4. The van der Waals surface area contributed by atoms with Gasteiger partial charge >= 0.3 is 0 Å². The summed E-state index contributed by atoms with van der Waals surface area (Å²) in [7, 11) is 4.83. The first kappa shape index (κ1) is 19.7. The van der Waals surface area contributed by atoms with Crippen molar-refractivity contribution in [1.29, 1.82) is 0 Å². The van der Waals surface area contributed by atoms with Crippen molar-refractivity contribution >= 4 is 23.0 Å². The molecule has 1 atom stereocenters. The highest BCUT2D eigenvalue weighted by molar-refractivity contribution is 7.80. The molecular weight excluding hydrogens is 352 g/mol. The molecule has 6 nitrogen and oxygen atoms in total. The highest BCUT2D eigenvalue weighted by Gasteiger charge is 2.08. The Balaban J connectivity index is 1.82. The van der Waals surface area contributed by atoms with Gasteiger partial charge in [0.05, 0.1) is 27.4 Å². The fraction of sp³-hybridized carbons (Fsp3) is 0.316. The predicted octanol–water partition coefficient (Wildman–Crippen LogP) is 3.47. The molecule has 0 aliphatic heterocycles. The van der Waals surface area contributed by atoms with Crippen LogP contribution in [0.15, 0.2) is 42.5 Å². The maximum atomic E-state index is 5.74. The van der Waals surface area contributed by atoms with Crippen molar-refractivity contribution in [3.63, 3.8) is 0 Å². The molecule has 0 aromatic heterocycles. The van der Waals surface area contributed by atoms with Crippen LogP contribution in [0, 0.1) is 0 Å². The summed E-state index contributed by atoms with van der Waals surface area (Å²) >= 11 is 5.35. The predicted molar refractivity (Wildman–Crippen MR) is 107 cm³/mol. The Kier molecular flexibility index (Phi) is 7.35. The largest absolute Gasteiger partial charge is 0.497 e. The summed E-state index contributed by atoms with van der Waals surface area (Å²) in [6.07, 6.45) is 0. The van der Waals surface area contributed by atoms with E-state index in [1.165, 1.54) is 0 Å². The lowest BCUT2D eigenvalue weighted by Gasteiger charge is -2.18. The zero-order valence-corrected chi connectivity index (χ0v) is 16.2. The number of hydrogen-bond donors (Lipinski definition) is 2. The molecule has 2 aromatic rings. The summed E-state index contributed by atoms with van der Waals surface area (Å²) in [6.45, 7) is 2.46. The lowest BCUT2D eigenvalue weighted by molar-refractivity contribution is 0.286. The standard InChI is InChI=1S/C19H24N2O4S/c1-13(12-25-16-8-6-15(22-2)7-9-16)20-19(26)21-14-5-10-17(23-3)18(11-14)24-4/h5-11,13H,12H2,1-4H3,(H2,20,21,26)/t13-/m0/s1. The molecule has 2 rings (SSSR count). The van der Waals surface area contributed by atoms with E-state index in [2.05, 4.69) is 10.6 Å². The van der Waals surface area contributed by atoms with Crippen LogP contribution in [-0.2, 0) is 0 Å². The third-order valence-corrected chi connectivity index (χ3v) is 3.80. The summed E-state index contributed by atoms with van der Waals surface area (Å²) in [5.41, 5.74) is 0.809. The van der Waals surface area contributed by atoms with Gasteiger partial charge in [-0.3, -0.25) is 0 Å². The molecule has 0 fully saturated rings. The van der Waals surface area contributed by atoms with E-state index in [9.17, 15) is 0 Å². The van der Waals surface area contributed by atoms with Gasteiger partial charge in [-0.25, -0.2) is 0 Å². The molecule has 0 radical (unpaired) electrons. The first-order valence-corrected chi connectivity index (χ1v) is 8.53. The third kappa shape index (κ3) is 5.70. The monoisotopic (exact) mass is 376 g/mol. The molecule has 0 amide bonds. The average Bonchev–Trinajstić information content (AvgIpc) is 2.66. The zero-order valence-electron chi connectivity index (χ0n) is 15.4. The van der Waals surface area contributed by atoms with Crippen molar-refractivity contribution in [1.82, 2.24) is 5.32 Å². The minimum absolute atomic E-state index is 0.0252. The zero-order chi connectivity index (χ0) is 18.9. The Labute approximate surface area is 159 Å². The maximum Gasteiger partial charge on any atom is 0.171 e. The van der Waals surface area contributed by atoms with Crippen LogP contribution in [0.5, 0.6) is 23.0 Å². The quantitative estimate of drug-likeness (QED) is 0.684. The van der Waals surface area contributed by atoms with Gasteiger partial charge in [-0.15, -0.1) is 0 Å². The number of nitrogens with one attached hydrogen (secondary N) is 2. The van der Waals surface area contributed by atoms with Crippen LogP contribution in [-0.4, -0.2) is 39.1 Å². The summed E-state index contributed by atoms with van der Waals surface area (Å²) in [6, 6.07) is 13.0. The van der Waals surface area contributed by atoms with Gasteiger partial charge < -0.3 is 29.6 Å². The second-order valence-electron chi connectivity index (χ2n) is 5.56. The molecule has 0 spiro atoms. The minimum Gasteiger partial charge on any atom is -0.497 e. The molecule has 0 bridgehead atoms. The molecule has 0 aliphatic rings. The molecule has 0 saturated carbocycles. The molecule has 0 aliphatic carbocycles. The number of hydrogen-bond acceptors (Lipinski definition) is 5. The summed E-state index contributed by atoms with van der Waals surface area (Å²) in [5.74, 6) is 2.87. The van der Waals surface area contributed by atoms with E-state index in [1.807, 2.05) is 49.4 Å². The molecule has 0 heterocycles. The average molecular weight is 376 g/mol. The van der Waals surface area contributed by atoms with Crippen LogP contribution in [0.3, 0.4) is 0 Å². The smallest absolute Gasteiger partial charge is 0.171 e. The Hall–Kier alpha value is -2.67. The van der Waals surface area contributed by atoms with Crippen LogP contribution < -0.4 is 29.6 Å². The fourth-order valence-electron chi connectivity index (χ4n) is 2.24. The van der Waals surface area contributed by atoms with Crippen molar-refractivity contribution in [2.75, 3.05) is 33.3 Å². The topological polar surface area (TPSA) is 61.0 Å². The number of ether oxygens (including phenoxy) is 4. The summed E-state index contributed by atoms with van der Waals surface area (Å²) in [4.78, 5) is 0. The molecule has 140 valence electrons.